The van der Waals surface area contributed by atoms with Gasteiger partial charge in [-0.15, -0.1) is 0 Å². The van der Waals surface area contributed by atoms with Crippen LogP contribution in [0, 0.1) is 5.82 Å². The second-order valence-electron chi connectivity index (χ2n) is 6.40. The number of amides is 1. The van der Waals surface area contributed by atoms with Crippen LogP contribution in [0.5, 0.6) is 0 Å². The van der Waals surface area contributed by atoms with Crippen LogP contribution in [-0.2, 0) is 19.3 Å². The second kappa shape index (κ2) is 10.6. The lowest BCUT2D eigenvalue weighted by Crippen LogP contribution is -2.37. The molecule has 0 fully saturated rings. The van der Waals surface area contributed by atoms with Gasteiger partial charge in [-0.3, -0.25) is 4.79 Å². The summed E-state index contributed by atoms with van der Waals surface area (Å²) in [7, 11) is 0. The van der Waals surface area contributed by atoms with Crippen molar-refractivity contribution in [2.24, 2.45) is 4.99 Å². The van der Waals surface area contributed by atoms with Gasteiger partial charge in [0, 0.05) is 25.2 Å². The molecule has 0 atom stereocenters. The minimum atomic E-state index is -4.65. The third-order valence-electron chi connectivity index (χ3n) is 4.14. The summed E-state index contributed by atoms with van der Waals surface area (Å²) in [5, 5.41) is 8.51. The minimum absolute atomic E-state index is 0.0826. The van der Waals surface area contributed by atoms with Crippen LogP contribution in [0.25, 0.3) is 0 Å². The first-order chi connectivity index (χ1) is 14.2. The zero-order valence-corrected chi connectivity index (χ0v) is 16.7. The average molecular weight is 424 g/mol. The second-order valence-corrected chi connectivity index (χ2v) is 6.40. The fourth-order valence-corrected chi connectivity index (χ4v) is 2.68. The van der Waals surface area contributed by atoms with Crippen molar-refractivity contribution in [2.45, 2.75) is 33.1 Å². The highest BCUT2D eigenvalue weighted by molar-refractivity contribution is 5.94. The van der Waals surface area contributed by atoms with Crippen LogP contribution in [-0.4, -0.2) is 25.0 Å². The van der Waals surface area contributed by atoms with E-state index < -0.39 is 17.6 Å². The van der Waals surface area contributed by atoms with Crippen molar-refractivity contribution in [1.82, 2.24) is 16.0 Å². The molecule has 5 nitrogen and oxygen atoms in total. The molecule has 1 amide bonds. The molecule has 30 heavy (non-hydrogen) atoms. The summed E-state index contributed by atoms with van der Waals surface area (Å²) in [4.78, 5) is 16.1. The van der Waals surface area contributed by atoms with Crippen LogP contribution in [0.2, 0.25) is 0 Å². The van der Waals surface area contributed by atoms with Gasteiger partial charge >= 0.3 is 6.18 Å². The molecule has 2 rings (SSSR count). The number of hydrogen-bond donors (Lipinski definition) is 3. The van der Waals surface area contributed by atoms with E-state index in [1.54, 1.807) is 24.3 Å². The van der Waals surface area contributed by atoms with Crippen molar-refractivity contribution < 1.29 is 22.4 Å². The van der Waals surface area contributed by atoms with Gasteiger partial charge in [0.05, 0.1) is 12.1 Å². The number of guanidine groups is 1. The molecule has 2 aromatic rings. The lowest BCUT2D eigenvalue weighted by molar-refractivity contribution is -0.138. The Morgan fingerprint density at radius 1 is 0.967 bits per heavy atom. The zero-order chi connectivity index (χ0) is 22.1. The molecule has 0 radical (unpaired) electrons. The van der Waals surface area contributed by atoms with Crippen molar-refractivity contribution in [3.05, 3.63) is 70.5 Å². The smallest absolute Gasteiger partial charge is 0.357 e. The first kappa shape index (κ1) is 23.2. The Labute approximate surface area is 172 Å². The molecule has 2 aromatic carbocycles. The highest BCUT2D eigenvalue weighted by atomic mass is 19.4. The molecule has 0 aromatic heterocycles. The highest BCUT2D eigenvalue weighted by Crippen LogP contribution is 2.32. The van der Waals surface area contributed by atoms with E-state index in [9.17, 15) is 22.4 Å². The summed E-state index contributed by atoms with van der Waals surface area (Å²) in [6, 6.07) is 9.48. The molecule has 0 saturated carbocycles. The van der Waals surface area contributed by atoms with E-state index in [1.165, 1.54) is 0 Å². The lowest BCUT2D eigenvalue weighted by atomic mass is 10.1. The summed E-state index contributed by atoms with van der Waals surface area (Å²) >= 11 is 0. The number of nitrogens with zero attached hydrogens (tertiary/aromatic N) is 1. The van der Waals surface area contributed by atoms with Gasteiger partial charge in [-0.2, -0.15) is 13.2 Å². The van der Waals surface area contributed by atoms with Crippen LogP contribution < -0.4 is 16.0 Å². The Kier molecular flexibility index (Phi) is 8.20. The van der Waals surface area contributed by atoms with Crippen molar-refractivity contribution in [3.8, 4) is 0 Å². The molecular formula is C21H24F4N4O. The number of hydrogen-bond acceptors (Lipinski definition) is 2. The molecule has 0 aliphatic rings. The van der Waals surface area contributed by atoms with Gasteiger partial charge < -0.3 is 16.0 Å². The first-order valence-corrected chi connectivity index (χ1v) is 9.49. The fraction of sp³-hybridized carbons (Fsp3) is 0.333. The molecular weight excluding hydrogens is 400 g/mol. The molecule has 0 unspecified atom stereocenters. The monoisotopic (exact) mass is 424 g/mol. The number of carbonyl (C=O) groups excluding carboxylic acids is 1. The van der Waals surface area contributed by atoms with Crippen molar-refractivity contribution in [2.75, 3.05) is 13.1 Å². The average Bonchev–Trinajstić information content (AvgIpc) is 2.70. The van der Waals surface area contributed by atoms with Crippen molar-refractivity contribution in [3.63, 3.8) is 0 Å². The Balaban J connectivity index is 2.08. The van der Waals surface area contributed by atoms with E-state index in [-0.39, 0.29) is 24.6 Å². The molecule has 162 valence electrons. The largest absolute Gasteiger partial charge is 0.416 e. The number of nitrogens with one attached hydrogen (secondary N) is 3. The van der Waals surface area contributed by atoms with Crippen LogP contribution >= 0.6 is 0 Å². The number of carbonyl (C=O) groups is 1. The van der Waals surface area contributed by atoms with Gasteiger partial charge in [0.1, 0.15) is 5.82 Å². The molecule has 0 bridgehead atoms. The number of halogens is 4. The zero-order valence-electron chi connectivity index (χ0n) is 16.7. The summed E-state index contributed by atoms with van der Waals surface area (Å²) in [5.74, 6) is -0.784. The number of alkyl halides is 3. The highest BCUT2D eigenvalue weighted by Gasteiger charge is 2.33. The minimum Gasteiger partial charge on any atom is -0.357 e. The standard InChI is InChI=1S/C21H24F4N4O/c1-3-26-19(30)15-7-5-14(6-8-15)12-28-20(27-4-2)29-13-16-9-10-17(22)11-18(16)21(23,24)25/h5-11H,3-4,12-13H2,1-2H3,(H,26,30)(H2,27,28,29). The first-order valence-electron chi connectivity index (χ1n) is 9.49. The molecule has 3 N–H and O–H groups in total. The number of rotatable bonds is 7. The van der Waals surface area contributed by atoms with E-state index in [0.717, 1.165) is 17.7 Å². The predicted molar refractivity (Wildman–Crippen MR) is 108 cm³/mol. The fourth-order valence-electron chi connectivity index (χ4n) is 2.68. The maximum absolute atomic E-state index is 13.2. The van der Waals surface area contributed by atoms with Crippen LogP contribution in [0.3, 0.4) is 0 Å². The normalized spacial score (nSPS) is 11.9. The SMILES string of the molecule is CCNC(=O)c1ccc(CN=C(NCC)NCc2ccc(F)cc2C(F)(F)F)cc1. The maximum Gasteiger partial charge on any atom is 0.416 e. The van der Waals surface area contributed by atoms with Crippen LogP contribution in [0.4, 0.5) is 17.6 Å². The van der Waals surface area contributed by atoms with Gasteiger partial charge in [-0.1, -0.05) is 18.2 Å². The van der Waals surface area contributed by atoms with E-state index in [4.69, 9.17) is 0 Å². The molecule has 9 heteroatoms. The van der Waals surface area contributed by atoms with Gasteiger partial charge in [-0.25, -0.2) is 9.38 Å². The van der Waals surface area contributed by atoms with Crippen LogP contribution in [0.1, 0.15) is 40.9 Å². The third-order valence-corrected chi connectivity index (χ3v) is 4.14. The Bertz CT molecular complexity index is 880. The van der Waals surface area contributed by atoms with Gasteiger partial charge in [-0.05, 0) is 49.2 Å². The Hall–Kier alpha value is -3.10. The maximum atomic E-state index is 13.2. The molecule has 0 heterocycles. The van der Waals surface area contributed by atoms with Gasteiger partial charge in [0.25, 0.3) is 5.91 Å². The molecule has 0 aliphatic heterocycles. The molecule has 0 aliphatic carbocycles. The number of benzene rings is 2. The Morgan fingerprint density at radius 2 is 1.63 bits per heavy atom. The van der Waals surface area contributed by atoms with E-state index in [1.807, 2.05) is 13.8 Å². The molecule has 0 saturated heterocycles. The van der Waals surface area contributed by atoms with Gasteiger partial charge in [0.2, 0.25) is 0 Å². The van der Waals surface area contributed by atoms with E-state index in [2.05, 4.69) is 20.9 Å². The molecule has 0 spiro atoms. The van der Waals surface area contributed by atoms with Crippen LogP contribution in [0.15, 0.2) is 47.5 Å². The van der Waals surface area contributed by atoms with Gasteiger partial charge in [0.15, 0.2) is 5.96 Å². The Morgan fingerprint density at radius 3 is 2.23 bits per heavy atom. The lowest BCUT2D eigenvalue weighted by Gasteiger charge is -2.16. The quantitative estimate of drug-likeness (QED) is 0.359. The summed E-state index contributed by atoms with van der Waals surface area (Å²) in [5.41, 5.74) is 0.260. The van der Waals surface area contributed by atoms with Crippen molar-refractivity contribution in [1.29, 1.82) is 0 Å². The predicted octanol–water partition coefficient (Wildman–Crippen LogP) is 3.85. The summed E-state index contributed by atoms with van der Waals surface area (Å²) in [6.07, 6.45) is -4.65. The van der Waals surface area contributed by atoms with Crippen molar-refractivity contribution >= 4 is 11.9 Å². The van der Waals surface area contributed by atoms with E-state index in [0.29, 0.717) is 30.7 Å². The number of aliphatic imine (C=N–C) groups is 1. The summed E-state index contributed by atoms with van der Waals surface area (Å²) in [6.45, 7) is 4.80. The third kappa shape index (κ3) is 6.75. The van der Waals surface area contributed by atoms with E-state index >= 15 is 0 Å². The topological polar surface area (TPSA) is 65.5 Å². The summed E-state index contributed by atoms with van der Waals surface area (Å²) < 4.78 is 52.7.